The number of aromatic nitrogens is 2. The highest BCUT2D eigenvalue weighted by Crippen LogP contribution is 2.25. The second-order valence-corrected chi connectivity index (χ2v) is 5.18. The summed E-state index contributed by atoms with van der Waals surface area (Å²) < 4.78 is 1.62. The van der Waals surface area contributed by atoms with Crippen LogP contribution in [0, 0.1) is 0 Å². The zero-order valence-electron chi connectivity index (χ0n) is 9.85. The molecule has 0 fully saturated rings. The third kappa shape index (κ3) is 3.40. The number of nitrogens with one attached hydrogen (secondary N) is 1. The van der Waals surface area contributed by atoms with Crippen LogP contribution in [-0.4, -0.2) is 20.9 Å². The Morgan fingerprint density at radius 1 is 1.30 bits per heavy atom. The normalized spacial score (nSPS) is 10.9. The van der Waals surface area contributed by atoms with Crippen LogP contribution in [0.4, 0.5) is 0 Å². The van der Waals surface area contributed by atoms with Crippen molar-refractivity contribution in [1.82, 2.24) is 15.0 Å². The summed E-state index contributed by atoms with van der Waals surface area (Å²) in [5.74, 6) is 0. The quantitative estimate of drug-likeness (QED) is 0.508. The van der Waals surface area contributed by atoms with Gasteiger partial charge in [-0.05, 0) is 48.1 Å². The lowest BCUT2D eigenvalue weighted by Crippen LogP contribution is -2.24. The topological polar surface area (TPSA) is 68.2 Å². The lowest BCUT2D eigenvalue weighted by Gasteiger charge is -2.06. The van der Waals surface area contributed by atoms with E-state index in [0.29, 0.717) is 10.7 Å². The highest BCUT2D eigenvalue weighted by Gasteiger charge is 2.14. The van der Waals surface area contributed by atoms with Crippen LogP contribution in [0.1, 0.15) is 5.69 Å². The molecular formula is C11H8Cl3N5S. The number of hydrogen-bond donors (Lipinski definition) is 2. The Kier molecular flexibility index (Phi) is 4.82. The van der Waals surface area contributed by atoms with E-state index in [0.717, 1.165) is 5.69 Å². The zero-order chi connectivity index (χ0) is 14.7. The van der Waals surface area contributed by atoms with Crippen LogP contribution in [0.2, 0.25) is 15.5 Å². The largest absolute Gasteiger partial charge is 0.375 e. The van der Waals surface area contributed by atoms with E-state index >= 15 is 0 Å². The molecule has 2 aromatic rings. The minimum Gasteiger partial charge on any atom is -0.375 e. The fourth-order valence-electron chi connectivity index (χ4n) is 1.48. The van der Waals surface area contributed by atoms with Gasteiger partial charge in [0.1, 0.15) is 5.69 Å². The number of thiocarbonyl (C=S) groups is 1. The first kappa shape index (κ1) is 15.1. The number of nitrogens with two attached hydrogens (primary N) is 1. The summed E-state index contributed by atoms with van der Waals surface area (Å²) >= 11 is 22.6. The van der Waals surface area contributed by atoms with E-state index < -0.39 is 0 Å². The van der Waals surface area contributed by atoms with E-state index in [1.807, 2.05) is 0 Å². The van der Waals surface area contributed by atoms with Crippen molar-refractivity contribution in [1.29, 1.82) is 0 Å². The van der Waals surface area contributed by atoms with Crippen LogP contribution in [0.5, 0.6) is 0 Å². The molecule has 0 spiro atoms. The Bertz CT molecular complexity index is 665. The summed E-state index contributed by atoms with van der Waals surface area (Å²) in [5, 5.41) is 4.91. The Morgan fingerprint density at radius 2 is 1.95 bits per heavy atom. The smallest absolute Gasteiger partial charge is 0.209 e. The third-order valence-electron chi connectivity index (χ3n) is 2.27. The number of hydrogen-bond acceptors (Lipinski definition) is 3. The summed E-state index contributed by atoms with van der Waals surface area (Å²) in [5.41, 5.74) is 8.94. The molecule has 0 atom stereocenters. The van der Waals surface area contributed by atoms with Gasteiger partial charge in [0.2, 0.25) is 5.28 Å². The molecule has 20 heavy (non-hydrogen) atoms. The van der Waals surface area contributed by atoms with Crippen LogP contribution >= 0.6 is 47.0 Å². The van der Waals surface area contributed by atoms with Crippen LogP contribution < -0.4 is 11.2 Å². The van der Waals surface area contributed by atoms with Crippen molar-refractivity contribution < 1.29 is 0 Å². The molecule has 1 aromatic heterocycles. The molecule has 0 amide bonds. The first-order chi connectivity index (χ1) is 9.49. The van der Waals surface area contributed by atoms with Gasteiger partial charge in [-0.15, -0.1) is 0 Å². The van der Waals surface area contributed by atoms with E-state index in [9.17, 15) is 0 Å². The lowest BCUT2D eigenvalue weighted by molar-refractivity contribution is 1.02. The molecule has 2 rings (SSSR count). The highest BCUT2D eigenvalue weighted by atomic mass is 35.5. The van der Waals surface area contributed by atoms with Gasteiger partial charge in [0.05, 0.1) is 6.21 Å². The highest BCUT2D eigenvalue weighted by molar-refractivity contribution is 7.80. The van der Waals surface area contributed by atoms with Gasteiger partial charge in [-0.1, -0.05) is 23.2 Å². The van der Waals surface area contributed by atoms with Gasteiger partial charge in [0.15, 0.2) is 10.3 Å². The van der Waals surface area contributed by atoms with Crippen molar-refractivity contribution >= 4 is 58.3 Å². The maximum Gasteiger partial charge on any atom is 0.209 e. The first-order valence-electron chi connectivity index (χ1n) is 5.27. The fourth-order valence-corrected chi connectivity index (χ4v) is 2.19. The maximum atomic E-state index is 6.07. The number of imidazole rings is 1. The van der Waals surface area contributed by atoms with Gasteiger partial charge in [-0.2, -0.15) is 5.10 Å². The van der Waals surface area contributed by atoms with Crippen molar-refractivity contribution in [2.45, 2.75) is 0 Å². The Labute approximate surface area is 135 Å². The second kappa shape index (κ2) is 6.41. The maximum absolute atomic E-state index is 6.07. The van der Waals surface area contributed by atoms with E-state index in [4.69, 9.17) is 40.5 Å². The average Bonchev–Trinajstić information content (AvgIpc) is 2.65. The van der Waals surface area contributed by atoms with Crippen molar-refractivity contribution in [3.05, 3.63) is 45.4 Å². The molecule has 3 N–H and O–H groups in total. The van der Waals surface area contributed by atoms with Crippen molar-refractivity contribution in [3.63, 3.8) is 0 Å². The van der Waals surface area contributed by atoms with Crippen LogP contribution in [-0.2, 0) is 0 Å². The van der Waals surface area contributed by atoms with E-state index in [-0.39, 0.29) is 15.5 Å². The minimum atomic E-state index is 0.0426. The standard InChI is InChI=1S/C11H8Cl3N5S/c12-6-1-3-7(4-2-6)19-8(5-16-18-11(15)20)9(13)17-10(19)14/h1-5H,(H3,15,18,20). The van der Waals surface area contributed by atoms with Gasteiger partial charge in [-0.25, -0.2) is 4.98 Å². The molecular weight excluding hydrogens is 341 g/mol. The molecule has 0 bridgehead atoms. The Hall–Kier alpha value is -1.34. The number of benzene rings is 1. The molecule has 0 aliphatic carbocycles. The Morgan fingerprint density at radius 3 is 2.55 bits per heavy atom. The summed E-state index contributed by atoms with van der Waals surface area (Å²) in [4.78, 5) is 3.99. The van der Waals surface area contributed by atoms with Crippen molar-refractivity contribution in [2.24, 2.45) is 10.8 Å². The molecule has 1 heterocycles. The average molecular weight is 349 g/mol. The number of hydrazone groups is 1. The van der Waals surface area contributed by atoms with Gasteiger partial charge >= 0.3 is 0 Å². The summed E-state index contributed by atoms with van der Waals surface area (Å²) in [6, 6.07) is 7.03. The first-order valence-corrected chi connectivity index (χ1v) is 6.81. The molecule has 0 saturated heterocycles. The molecule has 5 nitrogen and oxygen atoms in total. The molecule has 0 unspecified atom stereocenters. The summed E-state index contributed by atoms with van der Waals surface area (Å²) in [6.07, 6.45) is 1.43. The third-order valence-corrected chi connectivity index (χ3v) is 3.15. The molecule has 9 heteroatoms. The van der Waals surface area contributed by atoms with Crippen LogP contribution in [0.25, 0.3) is 5.69 Å². The number of nitrogens with zero attached hydrogens (tertiary/aromatic N) is 3. The van der Waals surface area contributed by atoms with E-state index in [2.05, 4.69) is 27.7 Å². The van der Waals surface area contributed by atoms with Crippen molar-refractivity contribution in [3.8, 4) is 5.69 Å². The van der Waals surface area contributed by atoms with E-state index in [1.165, 1.54) is 6.21 Å². The minimum absolute atomic E-state index is 0.0426. The number of rotatable bonds is 3. The van der Waals surface area contributed by atoms with Gasteiger partial charge in [0.25, 0.3) is 0 Å². The molecule has 0 radical (unpaired) electrons. The predicted octanol–water partition coefficient (Wildman–Crippen LogP) is 3.00. The van der Waals surface area contributed by atoms with Gasteiger partial charge in [-0.3, -0.25) is 9.99 Å². The van der Waals surface area contributed by atoms with Crippen LogP contribution in [0.15, 0.2) is 29.4 Å². The van der Waals surface area contributed by atoms with Crippen molar-refractivity contribution in [2.75, 3.05) is 0 Å². The van der Waals surface area contributed by atoms with Gasteiger partial charge in [0, 0.05) is 10.7 Å². The number of halogens is 3. The SMILES string of the molecule is NC(=S)NN=Cc1c(Cl)nc(Cl)n1-c1ccc(Cl)cc1. The molecule has 104 valence electrons. The summed E-state index contributed by atoms with van der Waals surface area (Å²) in [7, 11) is 0. The molecule has 0 saturated carbocycles. The van der Waals surface area contributed by atoms with E-state index in [1.54, 1.807) is 28.8 Å². The Balaban J connectivity index is 2.44. The molecule has 1 aromatic carbocycles. The van der Waals surface area contributed by atoms with Gasteiger partial charge < -0.3 is 5.73 Å². The lowest BCUT2D eigenvalue weighted by atomic mass is 10.3. The second-order valence-electron chi connectivity index (χ2n) is 3.60. The van der Waals surface area contributed by atoms with Crippen LogP contribution in [0.3, 0.4) is 0 Å². The molecule has 0 aliphatic rings. The fraction of sp³-hybridized carbons (Fsp3) is 0. The summed E-state index contributed by atoms with van der Waals surface area (Å²) in [6.45, 7) is 0. The predicted molar refractivity (Wildman–Crippen MR) is 86.1 cm³/mol. The monoisotopic (exact) mass is 347 g/mol. The zero-order valence-corrected chi connectivity index (χ0v) is 12.9. The molecule has 0 aliphatic heterocycles.